The normalized spacial score (nSPS) is 11.0. The van der Waals surface area contributed by atoms with E-state index in [1.54, 1.807) is 49.3 Å². The number of hydrogen-bond acceptors (Lipinski definition) is 8. The molecule has 0 bridgehead atoms. The maximum Gasteiger partial charge on any atom is 0.415 e. The van der Waals surface area contributed by atoms with E-state index in [0.717, 1.165) is 0 Å². The molecule has 4 rings (SSSR count). The molecule has 0 spiro atoms. The first-order chi connectivity index (χ1) is 16.0. The summed E-state index contributed by atoms with van der Waals surface area (Å²) in [5, 5.41) is 5.24. The van der Waals surface area contributed by atoms with Crippen molar-refractivity contribution < 1.29 is 18.7 Å². The van der Waals surface area contributed by atoms with Crippen molar-refractivity contribution in [3.63, 3.8) is 0 Å². The van der Waals surface area contributed by atoms with Crippen molar-refractivity contribution >= 4 is 22.9 Å². The van der Waals surface area contributed by atoms with Crippen LogP contribution in [0.1, 0.15) is 5.56 Å². The number of ether oxygens (including phenoxy) is 2. The Labute approximate surface area is 188 Å². The maximum absolute atomic E-state index is 14.2. The Hall–Kier alpha value is -4.12. The van der Waals surface area contributed by atoms with Gasteiger partial charge < -0.3 is 20.1 Å². The van der Waals surface area contributed by atoms with E-state index in [1.165, 1.54) is 17.2 Å². The number of methoxy groups -OCH3 is 1. The number of pyridine rings is 1. The molecule has 3 heterocycles. The van der Waals surface area contributed by atoms with Crippen molar-refractivity contribution in [2.45, 2.75) is 6.54 Å². The lowest BCUT2D eigenvalue weighted by molar-refractivity contribution is 0.135. The van der Waals surface area contributed by atoms with Crippen molar-refractivity contribution in [2.24, 2.45) is 0 Å². The second-order valence-electron chi connectivity index (χ2n) is 7.20. The summed E-state index contributed by atoms with van der Waals surface area (Å²) in [5.74, 6) is -0.0958. The Morgan fingerprint density at radius 2 is 2.03 bits per heavy atom. The molecule has 10 nitrogen and oxygen atoms in total. The van der Waals surface area contributed by atoms with Gasteiger partial charge in [0.05, 0.1) is 24.7 Å². The average molecular weight is 451 g/mol. The van der Waals surface area contributed by atoms with E-state index in [9.17, 15) is 9.18 Å². The summed E-state index contributed by atoms with van der Waals surface area (Å²) in [6.45, 7) is 0.902. The van der Waals surface area contributed by atoms with Crippen molar-refractivity contribution in [3.8, 4) is 17.3 Å². The van der Waals surface area contributed by atoms with Crippen LogP contribution in [-0.2, 0) is 11.3 Å². The molecule has 3 aromatic heterocycles. The molecule has 4 aromatic rings. The molecule has 0 saturated carbocycles. The van der Waals surface area contributed by atoms with Crippen molar-refractivity contribution in [3.05, 3.63) is 60.2 Å². The number of anilines is 1. The molecule has 0 radical (unpaired) electrons. The lowest BCUT2D eigenvalue weighted by Gasteiger charge is -2.16. The van der Waals surface area contributed by atoms with Crippen molar-refractivity contribution in [2.75, 3.05) is 33.0 Å². The highest BCUT2D eigenvalue weighted by atomic mass is 19.1. The third-order valence-corrected chi connectivity index (χ3v) is 4.92. The summed E-state index contributed by atoms with van der Waals surface area (Å²) in [5.41, 5.74) is 7.48. The minimum absolute atomic E-state index is 0.0193. The van der Waals surface area contributed by atoms with Crippen LogP contribution in [0, 0.1) is 5.82 Å². The molecule has 0 unspecified atom stereocenters. The van der Waals surface area contributed by atoms with Gasteiger partial charge in [0.2, 0.25) is 0 Å². The molecule has 1 aromatic carbocycles. The Bertz CT molecular complexity index is 1290. The number of nitrogens with zero attached hydrogens (tertiary/aromatic N) is 6. The molecule has 0 aliphatic heterocycles. The highest BCUT2D eigenvalue weighted by molar-refractivity contribution is 5.89. The van der Waals surface area contributed by atoms with Crippen molar-refractivity contribution in [1.29, 1.82) is 0 Å². The van der Waals surface area contributed by atoms with Gasteiger partial charge in [-0.25, -0.2) is 28.8 Å². The lowest BCUT2D eigenvalue weighted by atomic mass is 10.2. The Kier molecular flexibility index (Phi) is 6.41. The van der Waals surface area contributed by atoms with Crippen LogP contribution in [-0.4, -0.2) is 63.0 Å². The number of fused-ring (bicyclic) bond motifs is 1. The number of rotatable bonds is 7. The minimum Gasteiger partial charge on any atom is -0.405 e. The zero-order valence-electron chi connectivity index (χ0n) is 18.1. The van der Waals surface area contributed by atoms with Crippen LogP contribution < -0.4 is 10.5 Å². The highest BCUT2D eigenvalue weighted by Gasteiger charge is 2.19. The summed E-state index contributed by atoms with van der Waals surface area (Å²) in [6, 6.07) is 10.1. The van der Waals surface area contributed by atoms with E-state index in [0.29, 0.717) is 35.4 Å². The van der Waals surface area contributed by atoms with E-state index in [2.05, 4.69) is 20.1 Å². The van der Waals surface area contributed by atoms with Crippen LogP contribution in [0.2, 0.25) is 0 Å². The van der Waals surface area contributed by atoms with Crippen LogP contribution >= 0.6 is 0 Å². The van der Waals surface area contributed by atoms with E-state index in [-0.39, 0.29) is 29.8 Å². The number of aromatic nitrogens is 5. The lowest BCUT2D eigenvalue weighted by Crippen LogP contribution is -2.32. The molecule has 170 valence electrons. The molecule has 0 aliphatic rings. The monoisotopic (exact) mass is 451 g/mol. The molecule has 2 N–H and O–H groups in total. The second kappa shape index (κ2) is 9.57. The third-order valence-electron chi connectivity index (χ3n) is 4.92. The fourth-order valence-electron chi connectivity index (χ4n) is 3.14. The van der Waals surface area contributed by atoms with Crippen LogP contribution in [0.4, 0.5) is 15.0 Å². The number of nitrogens with two attached hydrogens (primary N) is 1. The molecular weight excluding hydrogens is 429 g/mol. The smallest absolute Gasteiger partial charge is 0.405 e. The van der Waals surface area contributed by atoms with E-state index in [1.807, 2.05) is 6.07 Å². The molecule has 33 heavy (non-hydrogen) atoms. The van der Waals surface area contributed by atoms with E-state index < -0.39 is 6.09 Å². The van der Waals surface area contributed by atoms with Crippen LogP contribution in [0.5, 0.6) is 5.75 Å². The second-order valence-corrected chi connectivity index (χ2v) is 7.20. The number of amides is 1. The molecule has 0 aliphatic carbocycles. The first-order valence-electron chi connectivity index (χ1n) is 10.1. The van der Waals surface area contributed by atoms with Gasteiger partial charge in [-0.15, -0.1) is 0 Å². The molecule has 0 atom stereocenters. The van der Waals surface area contributed by atoms with Crippen molar-refractivity contribution in [1.82, 2.24) is 29.6 Å². The summed E-state index contributed by atoms with van der Waals surface area (Å²) >= 11 is 0. The van der Waals surface area contributed by atoms with Crippen LogP contribution in [0.25, 0.3) is 22.6 Å². The Morgan fingerprint density at radius 3 is 2.79 bits per heavy atom. The molecule has 1 amide bonds. The van der Waals surface area contributed by atoms with E-state index >= 15 is 0 Å². The standard InChI is InChI=1S/C22H22FN7O3/c1-29(10-11-32-2)22(31)33-17-12-26-20(27-19(17)24)18-15-7-5-9-25-21(15)30(28-18)13-14-6-3-4-8-16(14)23/h3-9,12H,10-11,13H2,1-2H3,(H2,24,26,27). The predicted molar refractivity (Wildman–Crippen MR) is 119 cm³/mol. The van der Waals surface area contributed by atoms with Gasteiger partial charge in [-0.1, -0.05) is 18.2 Å². The zero-order valence-corrected chi connectivity index (χ0v) is 18.1. The number of carbonyl (C=O) groups excluding carboxylic acids is 1. The fourth-order valence-corrected chi connectivity index (χ4v) is 3.14. The molecule has 0 saturated heterocycles. The van der Waals surface area contributed by atoms with Gasteiger partial charge in [-0.05, 0) is 18.2 Å². The first-order valence-corrected chi connectivity index (χ1v) is 10.1. The first kappa shape index (κ1) is 22.1. The molecular formula is C22H22FN7O3. The van der Waals surface area contributed by atoms with Gasteiger partial charge in [-0.3, -0.25) is 0 Å². The number of benzene rings is 1. The summed E-state index contributed by atoms with van der Waals surface area (Å²) in [7, 11) is 3.12. The Morgan fingerprint density at radius 1 is 1.21 bits per heavy atom. The van der Waals surface area contributed by atoms with Gasteiger partial charge >= 0.3 is 6.09 Å². The van der Waals surface area contributed by atoms with Crippen LogP contribution in [0.15, 0.2) is 48.8 Å². The van der Waals surface area contributed by atoms with Gasteiger partial charge in [0.1, 0.15) is 11.5 Å². The number of halogens is 1. The van der Waals surface area contributed by atoms with Gasteiger partial charge in [0.25, 0.3) is 0 Å². The molecule has 0 fully saturated rings. The fraction of sp³-hybridized carbons (Fsp3) is 0.227. The van der Waals surface area contributed by atoms with Crippen LogP contribution in [0.3, 0.4) is 0 Å². The predicted octanol–water partition coefficient (Wildman–Crippen LogP) is 2.73. The average Bonchev–Trinajstić information content (AvgIpc) is 3.18. The number of hydrogen-bond donors (Lipinski definition) is 1. The third kappa shape index (κ3) is 4.72. The number of nitrogen functional groups attached to an aromatic ring is 1. The summed E-state index contributed by atoms with van der Waals surface area (Å²) in [4.78, 5) is 26.5. The zero-order chi connectivity index (χ0) is 23.4. The highest BCUT2D eigenvalue weighted by Crippen LogP contribution is 2.28. The van der Waals surface area contributed by atoms with Gasteiger partial charge in [-0.2, -0.15) is 5.10 Å². The van der Waals surface area contributed by atoms with E-state index in [4.69, 9.17) is 15.2 Å². The summed E-state index contributed by atoms with van der Waals surface area (Å²) < 4.78 is 26.0. The number of carbonyl (C=O) groups is 1. The summed E-state index contributed by atoms with van der Waals surface area (Å²) in [6.07, 6.45) is 2.33. The van der Waals surface area contributed by atoms with Gasteiger partial charge in [0.15, 0.2) is 23.0 Å². The number of likely N-dealkylation sites (N-methyl/N-ethyl adjacent to an activating group) is 1. The minimum atomic E-state index is -0.612. The largest absolute Gasteiger partial charge is 0.415 e. The molecule has 11 heteroatoms. The van der Waals surface area contributed by atoms with Gasteiger partial charge in [0, 0.05) is 32.5 Å². The SMILES string of the molecule is COCCN(C)C(=O)Oc1cnc(-c2nn(Cc3ccccc3F)c3ncccc23)nc1N. The Balaban J connectivity index is 1.63. The quantitative estimate of drug-likeness (QED) is 0.455. The maximum atomic E-state index is 14.2. The topological polar surface area (TPSA) is 121 Å².